The zero-order chi connectivity index (χ0) is 23.0. The van der Waals surface area contributed by atoms with E-state index >= 15 is 0 Å². The molecule has 33 heavy (non-hydrogen) atoms. The SMILES string of the molecule is CCCC[n+]1ccc2c(c1)C(C)(C)c1cc(-c3cc[n+](CCCC)c4ccccc34)ccc1-2. The molecule has 0 saturated carbocycles. The first-order chi connectivity index (χ1) is 16.0. The highest BCUT2D eigenvalue weighted by Crippen LogP contribution is 2.49. The van der Waals surface area contributed by atoms with Crippen LogP contribution in [0.25, 0.3) is 33.2 Å². The summed E-state index contributed by atoms with van der Waals surface area (Å²) in [6.07, 6.45) is 11.8. The predicted molar refractivity (Wildman–Crippen MR) is 137 cm³/mol. The van der Waals surface area contributed by atoms with Gasteiger partial charge in [-0.2, -0.15) is 4.57 Å². The van der Waals surface area contributed by atoms with E-state index in [1.807, 2.05) is 0 Å². The lowest BCUT2D eigenvalue weighted by Gasteiger charge is -2.21. The minimum absolute atomic E-state index is 0.00151. The number of fused-ring (bicyclic) bond motifs is 4. The fraction of sp³-hybridized carbons (Fsp3) is 0.355. The first-order valence-electron chi connectivity index (χ1n) is 12.6. The van der Waals surface area contributed by atoms with Crippen molar-refractivity contribution in [3.8, 4) is 22.3 Å². The van der Waals surface area contributed by atoms with Crippen LogP contribution in [0.15, 0.2) is 73.2 Å². The van der Waals surface area contributed by atoms with Crippen molar-refractivity contribution in [2.24, 2.45) is 0 Å². The van der Waals surface area contributed by atoms with E-state index in [2.05, 4.69) is 110 Å². The molecule has 0 radical (unpaired) electrons. The summed E-state index contributed by atoms with van der Waals surface area (Å²) in [5.74, 6) is 0. The quantitative estimate of drug-likeness (QED) is 0.276. The number of hydrogen-bond donors (Lipinski definition) is 0. The summed E-state index contributed by atoms with van der Waals surface area (Å²) in [4.78, 5) is 0. The monoisotopic (exact) mass is 436 g/mol. The summed E-state index contributed by atoms with van der Waals surface area (Å²) in [6.45, 7) is 11.4. The lowest BCUT2D eigenvalue weighted by molar-refractivity contribution is -0.697. The molecule has 0 N–H and O–H groups in total. The largest absolute Gasteiger partial charge is 0.213 e. The van der Waals surface area contributed by atoms with E-state index in [4.69, 9.17) is 0 Å². The van der Waals surface area contributed by atoms with Crippen LogP contribution in [0, 0.1) is 0 Å². The van der Waals surface area contributed by atoms with Crippen molar-refractivity contribution in [3.63, 3.8) is 0 Å². The van der Waals surface area contributed by atoms with Gasteiger partial charge in [-0.1, -0.05) is 64.8 Å². The van der Waals surface area contributed by atoms with Crippen LogP contribution >= 0.6 is 0 Å². The maximum absolute atomic E-state index is 2.45. The van der Waals surface area contributed by atoms with Gasteiger partial charge in [0.05, 0.1) is 5.39 Å². The average molecular weight is 437 g/mol. The minimum atomic E-state index is 0.00151. The Balaban J connectivity index is 1.59. The molecule has 4 aromatic rings. The smallest absolute Gasteiger partial charge is 0.205 e. The molecule has 2 aromatic carbocycles. The number of pyridine rings is 2. The molecule has 2 heterocycles. The third-order valence-corrected chi connectivity index (χ3v) is 7.43. The molecular weight excluding hydrogens is 400 g/mol. The maximum Gasteiger partial charge on any atom is 0.213 e. The predicted octanol–water partition coefficient (Wildman–Crippen LogP) is 6.99. The Morgan fingerprint density at radius 1 is 0.727 bits per heavy atom. The molecule has 0 bridgehead atoms. The van der Waals surface area contributed by atoms with Crippen LogP contribution < -0.4 is 9.13 Å². The molecule has 1 aliphatic rings. The van der Waals surface area contributed by atoms with Crippen LogP contribution in [0.4, 0.5) is 0 Å². The summed E-state index contributed by atoms with van der Waals surface area (Å²) < 4.78 is 4.78. The van der Waals surface area contributed by atoms with Gasteiger partial charge in [0.15, 0.2) is 18.6 Å². The molecule has 0 amide bonds. The number of nitrogens with zero attached hydrogens (tertiary/aromatic N) is 2. The van der Waals surface area contributed by atoms with E-state index in [0.29, 0.717) is 0 Å². The zero-order valence-electron chi connectivity index (χ0n) is 20.6. The number of hydrogen-bond acceptors (Lipinski definition) is 0. The topological polar surface area (TPSA) is 7.76 Å². The fourth-order valence-electron chi connectivity index (χ4n) is 5.42. The summed E-state index contributed by atoms with van der Waals surface area (Å²) in [6, 6.07) is 20.6. The van der Waals surface area contributed by atoms with Crippen molar-refractivity contribution in [1.29, 1.82) is 0 Å². The van der Waals surface area contributed by atoms with E-state index in [0.717, 1.165) is 13.1 Å². The standard InChI is InChI=1S/C31H36N2/c1-5-7-17-32-19-15-26-25-14-13-23(21-28(25)31(3,4)29(26)22-32)24-16-20-33(18-8-6-2)30-12-10-9-11-27(24)30/h9-16,19-22H,5-8,17-18H2,1-4H3/q+2. The average Bonchev–Trinajstić information content (AvgIpc) is 3.07. The minimum Gasteiger partial charge on any atom is -0.205 e. The zero-order valence-corrected chi connectivity index (χ0v) is 20.6. The summed E-state index contributed by atoms with van der Waals surface area (Å²) in [7, 11) is 0. The van der Waals surface area contributed by atoms with Gasteiger partial charge >= 0.3 is 0 Å². The Kier molecular flexibility index (Phi) is 5.78. The van der Waals surface area contributed by atoms with E-state index in [-0.39, 0.29) is 5.41 Å². The number of aromatic nitrogens is 2. The number of unbranched alkanes of at least 4 members (excludes halogenated alkanes) is 2. The lowest BCUT2D eigenvalue weighted by atomic mass is 9.82. The molecule has 0 aliphatic heterocycles. The maximum atomic E-state index is 2.45. The molecule has 168 valence electrons. The van der Waals surface area contributed by atoms with Crippen LogP contribution in [-0.4, -0.2) is 0 Å². The molecule has 0 spiro atoms. The second kappa shape index (κ2) is 8.74. The molecule has 0 fully saturated rings. The first kappa shape index (κ1) is 21.8. The van der Waals surface area contributed by atoms with Crippen molar-refractivity contribution in [1.82, 2.24) is 0 Å². The van der Waals surface area contributed by atoms with Crippen LogP contribution in [0.5, 0.6) is 0 Å². The van der Waals surface area contributed by atoms with Crippen LogP contribution in [0.1, 0.15) is 64.5 Å². The Hall–Kier alpha value is -3.00. The normalized spacial score (nSPS) is 13.8. The molecule has 5 rings (SSSR count). The van der Waals surface area contributed by atoms with Crippen molar-refractivity contribution >= 4 is 10.9 Å². The molecule has 1 aliphatic carbocycles. The molecule has 2 aromatic heterocycles. The highest BCUT2D eigenvalue weighted by atomic mass is 14.9. The van der Waals surface area contributed by atoms with E-state index in [9.17, 15) is 0 Å². The summed E-state index contributed by atoms with van der Waals surface area (Å²) in [5, 5.41) is 1.33. The third-order valence-electron chi connectivity index (χ3n) is 7.43. The van der Waals surface area contributed by atoms with Crippen LogP contribution in [0.3, 0.4) is 0 Å². The Bertz CT molecular complexity index is 1320. The summed E-state index contributed by atoms with van der Waals surface area (Å²) in [5.41, 5.74) is 9.63. The molecular formula is C31H36N2+2. The van der Waals surface area contributed by atoms with Gasteiger partial charge in [0.2, 0.25) is 5.52 Å². The fourth-order valence-corrected chi connectivity index (χ4v) is 5.42. The Morgan fingerprint density at radius 3 is 2.27 bits per heavy atom. The summed E-state index contributed by atoms with van der Waals surface area (Å²) >= 11 is 0. The molecule has 2 heteroatoms. The van der Waals surface area contributed by atoms with Gasteiger partial charge in [0, 0.05) is 47.6 Å². The number of aryl methyl sites for hydroxylation is 2. The van der Waals surface area contributed by atoms with E-state index < -0.39 is 0 Å². The second-order valence-corrected chi connectivity index (χ2v) is 10.0. The number of para-hydroxylation sites is 1. The second-order valence-electron chi connectivity index (χ2n) is 10.0. The molecule has 0 unspecified atom stereocenters. The number of benzene rings is 2. The highest BCUT2D eigenvalue weighted by molar-refractivity contribution is 5.94. The molecule has 2 nitrogen and oxygen atoms in total. The van der Waals surface area contributed by atoms with Gasteiger partial charge < -0.3 is 0 Å². The Labute approximate surface area is 198 Å². The van der Waals surface area contributed by atoms with Crippen molar-refractivity contribution in [2.75, 3.05) is 0 Å². The van der Waals surface area contributed by atoms with Gasteiger partial charge in [0.1, 0.15) is 13.1 Å². The van der Waals surface area contributed by atoms with Crippen molar-refractivity contribution in [3.05, 3.63) is 84.3 Å². The van der Waals surface area contributed by atoms with Gasteiger partial charge in [-0.25, -0.2) is 4.57 Å². The third kappa shape index (κ3) is 3.76. The Morgan fingerprint density at radius 2 is 1.45 bits per heavy atom. The molecule has 0 saturated heterocycles. The van der Waals surface area contributed by atoms with Gasteiger partial charge in [-0.15, -0.1) is 0 Å². The number of rotatable bonds is 7. The van der Waals surface area contributed by atoms with Gasteiger partial charge in [-0.3, -0.25) is 0 Å². The van der Waals surface area contributed by atoms with Crippen molar-refractivity contribution < 1.29 is 9.13 Å². The van der Waals surface area contributed by atoms with E-state index in [1.54, 1.807) is 0 Å². The first-order valence-corrected chi connectivity index (χ1v) is 12.6. The van der Waals surface area contributed by atoms with Crippen LogP contribution in [-0.2, 0) is 18.5 Å². The lowest BCUT2D eigenvalue weighted by Crippen LogP contribution is -2.34. The van der Waals surface area contributed by atoms with E-state index in [1.165, 1.54) is 70.0 Å². The van der Waals surface area contributed by atoms with Gasteiger partial charge in [-0.05, 0) is 34.4 Å². The molecule has 0 atom stereocenters. The van der Waals surface area contributed by atoms with Crippen LogP contribution in [0.2, 0.25) is 0 Å². The van der Waals surface area contributed by atoms with Crippen molar-refractivity contribution in [2.45, 2.75) is 71.9 Å². The van der Waals surface area contributed by atoms with Gasteiger partial charge in [0.25, 0.3) is 0 Å². The highest BCUT2D eigenvalue weighted by Gasteiger charge is 2.38.